The Bertz CT molecular complexity index is 413. The molecule has 1 N–H and O–H groups in total. The molecule has 1 aromatic rings. The van der Waals surface area contributed by atoms with Gasteiger partial charge in [-0.15, -0.1) is 6.58 Å². The van der Waals surface area contributed by atoms with E-state index in [1.54, 1.807) is 12.1 Å². The van der Waals surface area contributed by atoms with Crippen LogP contribution in [0.15, 0.2) is 42.0 Å². The number of anilines is 1. The monoisotopic (exact) mass is 247 g/mol. The normalized spacial score (nSPS) is 10.4. The van der Waals surface area contributed by atoms with E-state index in [1.807, 2.05) is 12.3 Å². The van der Waals surface area contributed by atoms with Gasteiger partial charge in [-0.05, 0) is 37.8 Å². The number of non-ortho nitro benzene ring substituents is 1. The minimum absolute atomic E-state index is 0.0777. The van der Waals surface area contributed by atoms with Crippen LogP contribution in [0.5, 0.6) is 0 Å². The molecule has 0 aliphatic heterocycles. The number of unbranched alkanes of at least 4 members (excludes halogenated alkanes) is 3. The van der Waals surface area contributed by atoms with Crippen LogP contribution >= 0.6 is 0 Å². The lowest BCUT2D eigenvalue weighted by molar-refractivity contribution is -0.384. The topological polar surface area (TPSA) is 67.5 Å². The van der Waals surface area contributed by atoms with E-state index in [0.29, 0.717) is 0 Å². The van der Waals surface area contributed by atoms with Gasteiger partial charge in [-0.3, -0.25) is 15.5 Å². The first-order valence-corrected chi connectivity index (χ1v) is 5.87. The summed E-state index contributed by atoms with van der Waals surface area (Å²) in [7, 11) is 0. The Hall–Kier alpha value is -2.17. The van der Waals surface area contributed by atoms with Crippen molar-refractivity contribution in [1.82, 2.24) is 0 Å². The van der Waals surface area contributed by atoms with Crippen LogP contribution in [-0.4, -0.2) is 11.1 Å². The molecular formula is C13H17N3O2. The van der Waals surface area contributed by atoms with E-state index in [4.69, 9.17) is 0 Å². The fourth-order valence-corrected chi connectivity index (χ4v) is 1.37. The zero-order chi connectivity index (χ0) is 13.2. The number of benzene rings is 1. The van der Waals surface area contributed by atoms with Crippen molar-refractivity contribution in [3.05, 3.63) is 47.0 Å². The molecule has 0 heterocycles. The van der Waals surface area contributed by atoms with Crippen LogP contribution < -0.4 is 5.43 Å². The summed E-state index contributed by atoms with van der Waals surface area (Å²) < 4.78 is 0. The van der Waals surface area contributed by atoms with E-state index < -0.39 is 4.92 Å². The molecule has 1 aromatic carbocycles. The Morgan fingerprint density at radius 1 is 1.28 bits per heavy atom. The summed E-state index contributed by atoms with van der Waals surface area (Å²) in [5, 5.41) is 14.5. The lowest BCUT2D eigenvalue weighted by Crippen LogP contribution is -1.91. The van der Waals surface area contributed by atoms with Crippen LogP contribution in [0.1, 0.15) is 25.7 Å². The summed E-state index contributed by atoms with van der Waals surface area (Å²) in [6.45, 7) is 3.66. The molecule has 0 unspecified atom stereocenters. The third-order valence-corrected chi connectivity index (χ3v) is 2.35. The van der Waals surface area contributed by atoms with E-state index in [-0.39, 0.29) is 5.69 Å². The van der Waals surface area contributed by atoms with E-state index >= 15 is 0 Å². The molecule has 0 aliphatic carbocycles. The minimum atomic E-state index is -0.424. The molecule has 1 rings (SSSR count). The highest BCUT2D eigenvalue weighted by atomic mass is 16.6. The molecule has 96 valence electrons. The summed E-state index contributed by atoms with van der Waals surface area (Å²) in [6, 6.07) is 6.16. The maximum atomic E-state index is 10.4. The molecule has 18 heavy (non-hydrogen) atoms. The van der Waals surface area contributed by atoms with Gasteiger partial charge < -0.3 is 0 Å². The maximum absolute atomic E-state index is 10.4. The number of hydrogen-bond donors (Lipinski definition) is 1. The van der Waals surface area contributed by atoms with Crippen LogP contribution in [-0.2, 0) is 0 Å². The Morgan fingerprint density at radius 3 is 2.56 bits per heavy atom. The predicted octanol–water partition coefficient (Wildman–Crippen LogP) is 3.74. The first-order valence-electron chi connectivity index (χ1n) is 5.87. The van der Waals surface area contributed by atoms with Gasteiger partial charge in [0.1, 0.15) is 0 Å². The van der Waals surface area contributed by atoms with Crippen LogP contribution in [0.4, 0.5) is 11.4 Å². The second-order valence-corrected chi connectivity index (χ2v) is 3.80. The predicted molar refractivity (Wildman–Crippen MR) is 73.9 cm³/mol. The molecule has 0 saturated heterocycles. The van der Waals surface area contributed by atoms with Crippen molar-refractivity contribution >= 4 is 17.6 Å². The van der Waals surface area contributed by atoms with Gasteiger partial charge >= 0.3 is 0 Å². The van der Waals surface area contributed by atoms with Gasteiger partial charge in [0.25, 0.3) is 5.69 Å². The Morgan fingerprint density at radius 2 is 1.94 bits per heavy atom. The van der Waals surface area contributed by atoms with Gasteiger partial charge in [0.2, 0.25) is 0 Å². The summed E-state index contributed by atoms with van der Waals surface area (Å²) in [4.78, 5) is 10.0. The number of rotatable bonds is 8. The smallest absolute Gasteiger partial charge is 0.269 e. The molecule has 0 spiro atoms. The fraction of sp³-hybridized carbons (Fsp3) is 0.308. The first kappa shape index (κ1) is 13.9. The molecule has 0 amide bonds. The van der Waals surface area contributed by atoms with Gasteiger partial charge in [0.05, 0.1) is 10.6 Å². The van der Waals surface area contributed by atoms with Gasteiger partial charge in [-0.1, -0.05) is 6.08 Å². The van der Waals surface area contributed by atoms with Gasteiger partial charge in [0.15, 0.2) is 0 Å². The zero-order valence-electron chi connectivity index (χ0n) is 10.2. The third kappa shape index (κ3) is 5.25. The summed E-state index contributed by atoms with van der Waals surface area (Å²) in [6.07, 6.45) is 7.86. The van der Waals surface area contributed by atoms with Crippen molar-refractivity contribution in [3.8, 4) is 0 Å². The standard InChI is InChI=1S/C13H17N3O2/c1-2-3-4-5-6-11-14-15-12-7-9-13(10-8-12)16(17)18/h2,7-11,15H,1,3-6H2/b14-11+. The molecule has 0 bridgehead atoms. The average Bonchev–Trinajstić information content (AvgIpc) is 2.38. The number of nitro benzene ring substituents is 1. The van der Waals surface area contributed by atoms with Crippen molar-refractivity contribution in [2.24, 2.45) is 5.10 Å². The van der Waals surface area contributed by atoms with E-state index in [2.05, 4.69) is 17.1 Å². The number of allylic oxidation sites excluding steroid dienone is 1. The first-order chi connectivity index (χ1) is 8.74. The lowest BCUT2D eigenvalue weighted by Gasteiger charge is -1.99. The molecule has 5 nitrogen and oxygen atoms in total. The van der Waals surface area contributed by atoms with E-state index in [9.17, 15) is 10.1 Å². The highest BCUT2D eigenvalue weighted by molar-refractivity contribution is 5.59. The summed E-state index contributed by atoms with van der Waals surface area (Å²) >= 11 is 0. The number of nitrogens with one attached hydrogen (secondary N) is 1. The Labute approximate surface area is 106 Å². The molecule has 0 radical (unpaired) electrons. The van der Waals surface area contributed by atoms with Crippen molar-refractivity contribution in [3.63, 3.8) is 0 Å². The van der Waals surface area contributed by atoms with E-state index in [0.717, 1.165) is 31.4 Å². The second-order valence-electron chi connectivity index (χ2n) is 3.80. The quantitative estimate of drug-likeness (QED) is 0.250. The van der Waals surface area contributed by atoms with Crippen LogP contribution in [0.25, 0.3) is 0 Å². The van der Waals surface area contributed by atoms with Crippen molar-refractivity contribution in [1.29, 1.82) is 0 Å². The molecule has 0 aromatic heterocycles. The number of nitrogens with zero attached hydrogens (tertiary/aromatic N) is 2. The van der Waals surface area contributed by atoms with Crippen molar-refractivity contribution in [2.75, 3.05) is 5.43 Å². The third-order valence-electron chi connectivity index (χ3n) is 2.35. The van der Waals surface area contributed by atoms with Gasteiger partial charge in [0, 0.05) is 18.3 Å². The van der Waals surface area contributed by atoms with Gasteiger partial charge in [-0.25, -0.2) is 0 Å². The van der Waals surface area contributed by atoms with Gasteiger partial charge in [-0.2, -0.15) is 5.10 Å². The van der Waals surface area contributed by atoms with Crippen molar-refractivity contribution < 1.29 is 4.92 Å². The Kier molecular flexibility index (Phi) is 6.17. The Balaban J connectivity index is 2.28. The molecular weight excluding hydrogens is 230 g/mol. The fourth-order valence-electron chi connectivity index (χ4n) is 1.37. The van der Waals surface area contributed by atoms with E-state index in [1.165, 1.54) is 12.1 Å². The van der Waals surface area contributed by atoms with Crippen LogP contribution in [0.3, 0.4) is 0 Å². The zero-order valence-corrected chi connectivity index (χ0v) is 10.2. The molecule has 0 aliphatic rings. The highest BCUT2D eigenvalue weighted by Gasteiger charge is 2.02. The largest absolute Gasteiger partial charge is 0.279 e. The second kappa shape index (κ2) is 8.00. The molecule has 0 atom stereocenters. The average molecular weight is 247 g/mol. The summed E-state index contributed by atoms with van der Waals surface area (Å²) in [5.41, 5.74) is 3.64. The summed E-state index contributed by atoms with van der Waals surface area (Å²) in [5.74, 6) is 0. The van der Waals surface area contributed by atoms with Crippen LogP contribution in [0.2, 0.25) is 0 Å². The maximum Gasteiger partial charge on any atom is 0.269 e. The molecule has 0 saturated carbocycles. The minimum Gasteiger partial charge on any atom is -0.279 e. The van der Waals surface area contributed by atoms with Crippen molar-refractivity contribution in [2.45, 2.75) is 25.7 Å². The molecule has 5 heteroatoms. The van der Waals surface area contributed by atoms with Crippen LogP contribution in [0, 0.1) is 10.1 Å². The SMILES string of the molecule is C=CCCCC/C=N/Nc1ccc([N+](=O)[O-])cc1. The number of nitro groups is 1. The lowest BCUT2D eigenvalue weighted by atomic mass is 10.2. The molecule has 0 fully saturated rings. The highest BCUT2D eigenvalue weighted by Crippen LogP contribution is 2.15. The number of hydrazone groups is 1. The number of hydrogen-bond acceptors (Lipinski definition) is 4.